The Morgan fingerprint density at radius 3 is 2.46 bits per heavy atom. The summed E-state index contributed by atoms with van der Waals surface area (Å²) in [5, 5.41) is 8.59. The van der Waals surface area contributed by atoms with Gasteiger partial charge in [0.1, 0.15) is 0 Å². The fraction of sp³-hybridized carbons (Fsp3) is 1.00. The summed E-state index contributed by atoms with van der Waals surface area (Å²) in [5.41, 5.74) is 5.64. The minimum atomic E-state index is -0.808. The first-order valence-electron chi connectivity index (χ1n) is 4.77. The van der Waals surface area contributed by atoms with Gasteiger partial charge in [-0.25, -0.2) is 0 Å². The van der Waals surface area contributed by atoms with E-state index in [0.717, 1.165) is 12.2 Å². The van der Waals surface area contributed by atoms with Gasteiger partial charge in [0.15, 0.2) is 0 Å². The van der Waals surface area contributed by atoms with E-state index in [9.17, 15) is 4.21 Å². The standard InChI is InChI=1S/C9H21NO2S/c1-8(2)4-6-13(12)7-9(10)3-5-11/h8-9,11H,3-7,10H2,1-2H3. The van der Waals surface area contributed by atoms with Crippen LogP contribution in [0.5, 0.6) is 0 Å². The summed E-state index contributed by atoms with van der Waals surface area (Å²) >= 11 is 0. The van der Waals surface area contributed by atoms with Crippen LogP contribution in [0, 0.1) is 5.92 Å². The van der Waals surface area contributed by atoms with E-state index >= 15 is 0 Å². The first-order chi connectivity index (χ1) is 6.06. The van der Waals surface area contributed by atoms with Gasteiger partial charge in [0.05, 0.1) is 0 Å². The summed E-state index contributed by atoms with van der Waals surface area (Å²) in [6, 6.07) is -0.113. The molecule has 2 atom stereocenters. The SMILES string of the molecule is CC(C)CCS(=O)CC(N)CCO. The lowest BCUT2D eigenvalue weighted by Gasteiger charge is -2.10. The zero-order valence-electron chi connectivity index (χ0n) is 8.53. The van der Waals surface area contributed by atoms with E-state index in [1.165, 1.54) is 0 Å². The lowest BCUT2D eigenvalue weighted by molar-refractivity contribution is 0.279. The number of rotatable bonds is 7. The fourth-order valence-corrected chi connectivity index (χ4v) is 2.48. The Kier molecular flexibility index (Phi) is 7.51. The van der Waals surface area contributed by atoms with E-state index in [1.807, 2.05) is 0 Å². The van der Waals surface area contributed by atoms with Gasteiger partial charge in [-0.1, -0.05) is 13.8 Å². The maximum absolute atomic E-state index is 11.4. The largest absolute Gasteiger partial charge is 0.396 e. The average molecular weight is 207 g/mol. The van der Waals surface area contributed by atoms with Gasteiger partial charge in [-0.3, -0.25) is 4.21 Å². The predicted octanol–water partition coefficient (Wildman–Crippen LogP) is 0.491. The number of hydrogen-bond acceptors (Lipinski definition) is 3. The number of nitrogens with two attached hydrogens (primary N) is 1. The molecule has 3 nitrogen and oxygen atoms in total. The van der Waals surface area contributed by atoms with Crippen molar-refractivity contribution < 1.29 is 9.32 Å². The third-order valence-electron chi connectivity index (χ3n) is 1.82. The van der Waals surface area contributed by atoms with E-state index in [1.54, 1.807) is 0 Å². The molecule has 0 aromatic rings. The highest BCUT2D eigenvalue weighted by atomic mass is 32.2. The van der Waals surface area contributed by atoms with Crippen LogP contribution >= 0.6 is 0 Å². The topological polar surface area (TPSA) is 63.3 Å². The quantitative estimate of drug-likeness (QED) is 0.638. The van der Waals surface area contributed by atoms with Gasteiger partial charge in [-0.15, -0.1) is 0 Å². The Morgan fingerprint density at radius 1 is 1.38 bits per heavy atom. The van der Waals surface area contributed by atoms with Crippen LogP contribution in [0.25, 0.3) is 0 Å². The predicted molar refractivity (Wildman–Crippen MR) is 57.0 cm³/mol. The molecule has 0 saturated carbocycles. The van der Waals surface area contributed by atoms with Crippen molar-refractivity contribution >= 4 is 10.8 Å². The molecular weight excluding hydrogens is 186 g/mol. The Hall–Kier alpha value is 0.0700. The molecule has 0 heterocycles. The molecule has 0 saturated heterocycles. The summed E-state index contributed by atoms with van der Waals surface area (Å²) in [5.74, 6) is 1.85. The van der Waals surface area contributed by atoms with Gasteiger partial charge in [0, 0.05) is 35.0 Å². The number of hydrogen-bond donors (Lipinski definition) is 2. The van der Waals surface area contributed by atoms with Gasteiger partial charge < -0.3 is 10.8 Å². The van der Waals surface area contributed by atoms with Crippen LogP contribution in [0.3, 0.4) is 0 Å². The molecule has 0 aliphatic rings. The van der Waals surface area contributed by atoms with Crippen LogP contribution in [0.2, 0.25) is 0 Å². The van der Waals surface area contributed by atoms with Crippen molar-refractivity contribution in [1.82, 2.24) is 0 Å². The van der Waals surface area contributed by atoms with Crippen LogP contribution in [-0.4, -0.2) is 33.5 Å². The average Bonchev–Trinajstić information content (AvgIpc) is 2.01. The second kappa shape index (κ2) is 7.47. The monoisotopic (exact) mass is 207 g/mol. The molecule has 0 aliphatic heterocycles. The first kappa shape index (κ1) is 13.1. The van der Waals surface area contributed by atoms with Crippen LogP contribution < -0.4 is 5.73 Å². The summed E-state index contributed by atoms with van der Waals surface area (Å²) in [7, 11) is -0.808. The molecule has 0 rings (SSSR count). The van der Waals surface area contributed by atoms with E-state index < -0.39 is 10.8 Å². The molecule has 0 radical (unpaired) electrons. The highest BCUT2D eigenvalue weighted by Crippen LogP contribution is 2.02. The van der Waals surface area contributed by atoms with Crippen LogP contribution in [-0.2, 0) is 10.8 Å². The molecule has 0 amide bonds. The summed E-state index contributed by atoms with van der Waals surface area (Å²) < 4.78 is 11.4. The second-order valence-electron chi connectivity index (χ2n) is 3.77. The second-order valence-corrected chi connectivity index (χ2v) is 5.39. The van der Waals surface area contributed by atoms with E-state index in [2.05, 4.69) is 13.8 Å². The molecule has 4 heteroatoms. The highest BCUT2D eigenvalue weighted by molar-refractivity contribution is 7.85. The minimum absolute atomic E-state index is 0.0859. The summed E-state index contributed by atoms with van der Waals surface area (Å²) in [6.07, 6.45) is 1.53. The minimum Gasteiger partial charge on any atom is -0.396 e. The fourth-order valence-electron chi connectivity index (χ4n) is 0.938. The van der Waals surface area contributed by atoms with Crippen molar-refractivity contribution in [3.8, 4) is 0 Å². The van der Waals surface area contributed by atoms with E-state index in [0.29, 0.717) is 18.1 Å². The molecule has 80 valence electrons. The smallest absolute Gasteiger partial charge is 0.0446 e. The summed E-state index contributed by atoms with van der Waals surface area (Å²) in [4.78, 5) is 0. The van der Waals surface area contributed by atoms with Crippen molar-refractivity contribution in [3.63, 3.8) is 0 Å². The molecular formula is C9H21NO2S. The van der Waals surface area contributed by atoms with Gasteiger partial charge in [-0.2, -0.15) is 0 Å². The van der Waals surface area contributed by atoms with Crippen LogP contribution in [0.15, 0.2) is 0 Å². The Morgan fingerprint density at radius 2 is 2.00 bits per heavy atom. The van der Waals surface area contributed by atoms with E-state index in [-0.39, 0.29) is 12.6 Å². The third kappa shape index (κ3) is 8.40. The van der Waals surface area contributed by atoms with E-state index in [4.69, 9.17) is 10.8 Å². The Balaban J connectivity index is 3.50. The van der Waals surface area contributed by atoms with Crippen LogP contribution in [0.4, 0.5) is 0 Å². The molecule has 3 N–H and O–H groups in total. The maximum Gasteiger partial charge on any atom is 0.0446 e. The molecule has 0 aromatic heterocycles. The zero-order chi connectivity index (χ0) is 10.3. The Bertz CT molecular complexity index is 151. The highest BCUT2D eigenvalue weighted by Gasteiger charge is 2.07. The third-order valence-corrected chi connectivity index (χ3v) is 3.31. The van der Waals surface area contributed by atoms with Crippen LogP contribution in [0.1, 0.15) is 26.7 Å². The molecule has 13 heavy (non-hydrogen) atoms. The molecule has 0 aromatic carbocycles. The molecule has 2 unspecified atom stereocenters. The van der Waals surface area contributed by atoms with Gasteiger partial charge >= 0.3 is 0 Å². The molecule has 0 bridgehead atoms. The van der Waals surface area contributed by atoms with Crippen molar-refractivity contribution in [1.29, 1.82) is 0 Å². The van der Waals surface area contributed by atoms with Gasteiger partial charge in [-0.05, 0) is 18.8 Å². The molecule has 0 spiro atoms. The molecule has 0 aliphatic carbocycles. The van der Waals surface area contributed by atoms with Crippen molar-refractivity contribution in [2.75, 3.05) is 18.1 Å². The maximum atomic E-state index is 11.4. The van der Waals surface area contributed by atoms with Gasteiger partial charge in [0.2, 0.25) is 0 Å². The normalized spacial score (nSPS) is 16.1. The van der Waals surface area contributed by atoms with Crippen molar-refractivity contribution in [2.24, 2.45) is 11.7 Å². The van der Waals surface area contributed by atoms with Gasteiger partial charge in [0.25, 0.3) is 0 Å². The lowest BCUT2D eigenvalue weighted by Crippen LogP contribution is -2.29. The zero-order valence-corrected chi connectivity index (χ0v) is 9.35. The van der Waals surface area contributed by atoms with Crippen molar-refractivity contribution in [3.05, 3.63) is 0 Å². The lowest BCUT2D eigenvalue weighted by atomic mass is 10.2. The molecule has 0 fully saturated rings. The van der Waals surface area contributed by atoms with Crippen molar-refractivity contribution in [2.45, 2.75) is 32.7 Å². The number of aliphatic hydroxyl groups excluding tert-OH is 1. The summed E-state index contributed by atoms with van der Waals surface area (Å²) in [6.45, 7) is 4.32. The Labute approximate surface area is 83.2 Å². The number of aliphatic hydroxyl groups is 1. The first-order valence-corrected chi connectivity index (χ1v) is 6.26.